The van der Waals surface area contributed by atoms with Crippen molar-refractivity contribution in [2.24, 2.45) is 10.1 Å². The van der Waals surface area contributed by atoms with E-state index < -0.39 is 39.8 Å². The molecule has 54 heavy (non-hydrogen) atoms. The number of carbonyl (C=O) groups is 2. The maximum Gasteiger partial charge on any atom is 0.411 e. The number of aliphatic hydroxyl groups is 1. The van der Waals surface area contributed by atoms with Crippen LogP contribution < -0.4 is 17.7 Å². The lowest BCUT2D eigenvalue weighted by molar-refractivity contribution is -0.848. The highest BCUT2D eigenvalue weighted by Crippen LogP contribution is 2.42. The Morgan fingerprint density at radius 2 is 1.89 bits per heavy atom. The van der Waals surface area contributed by atoms with E-state index in [1.807, 2.05) is 0 Å². The van der Waals surface area contributed by atoms with Crippen LogP contribution in [0.15, 0.2) is 76.1 Å². The number of anilines is 1. The molecule has 1 amide bonds. The SMILES string of the molecule is C[C@@H](c1nc(-c2ccc(C#N)cc2)cs1)[C@](O)(C[N+]1(CCOC(=O)Nc2cccc(Cl)c2COC(=O)CN(C)C)C=NC=N1)c1cc(F)ccc1F.Cl.[Cl-]. The number of quaternary nitrogens is 1. The van der Waals surface area contributed by atoms with E-state index in [1.165, 1.54) is 24.0 Å². The maximum absolute atomic E-state index is 15.5. The first-order valence-corrected chi connectivity index (χ1v) is 17.2. The second-order valence-electron chi connectivity index (χ2n) is 12.3. The third-order valence-electron chi connectivity index (χ3n) is 8.35. The number of nitrogens with one attached hydrogen (secondary N) is 1. The van der Waals surface area contributed by atoms with Crippen LogP contribution in [-0.4, -0.2) is 84.7 Å². The number of esters is 1. The van der Waals surface area contributed by atoms with E-state index in [-0.39, 0.29) is 73.9 Å². The van der Waals surface area contributed by atoms with Crippen molar-refractivity contribution >= 4 is 65.8 Å². The summed E-state index contributed by atoms with van der Waals surface area (Å²) in [7, 11) is 3.45. The van der Waals surface area contributed by atoms with E-state index in [4.69, 9.17) is 31.3 Å². The highest BCUT2D eigenvalue weighted by atomic mass is 35.5. The van der Waals surface area contributed by atoms with Gasteiger partial charge >= 0.3 is 12.1 Å². The summed E-state index contributed by atoms with van der Waals surface area (Å²) in [4.78, 5) is 35.5. The summed E-state index contributed by atoms with van der Waals surface area (Å²) in [6, 6.07) is 16.5. The quantitative estimate of drug-likeness (QED) is 0.145. The van der Waals surface area contributed by atoms with E-state index in [1.54, 1.807) is 73.8 Å². The largest absolute Gasteiger partial charge is 1.00 e. The van der Waals surface area contributed by atoms with Crippen molar-refractivity contribution in [3.8, 4) is 17.3 Å². The second kappa shape index (κ2) is 19.2. The molecule has 0 saturated carbocycles. The summed E-state index contributed by atoms with van der Waals surface area (Å²) >= 11 is 7.58. The Kier molecular flexibility index (Phi) is 15.6. The molecule has 18 heteroatoms. The Balaban J connectivity index is 0.00000392. The van der Waals surface area contributed by atoms with Crippen LogP contribution in [-0.2, 0) is 26.5 Å². The van der Waals surface area contributed by atoms with Gasteiger partial charge in [0.25, 0.3) is 0 Å². The first kappa shape index (κ1) is 43.9. The fourth-order valence-corrected chi connectivity index (χ4v) is 6.76. The normalized spacial score (nSPS) is 16.1. The molecule has 3 atom stereocenters. The van der Waals surface area contributed by atoms with Gasteiger partial charge in [0.1, 0.15) is 37.9 Å². The van der Waals surface area contributed by atoms with Gasteiger partial charge in [-0.15, -0.1) is 28.3 Å². The van der Waals surface area contributed by atoms with E-state index in [2.05, 4.69) is 21.5 Å². The third-order valence-corrected chi connectivity index (χ3v) is 9.73. The molecule has 0 spiro atoms. The van der Waals surface area contributed by atoms with Gasteiger partial charge in [0.15, 0.2) is 11.9 Å². The first-order chi connectivity index (χ1) is 24.8. The average Bonchev–Trinajstić information content (AvgIpc) is 3.79. The Labute approximate surface area is 332 Å². The zero-order chi connectivity index (χ0) is 37.5. The van der Waals surface area contributed by atoms with E-state index in [0.29, 0.717) is 21.8 Å². The third kappa shape index (κ3) is 10.6. The molecule has 2 heterocycles. The van der Waals surface area contributed by atoms with Gasteiger partial charge in [0.2, 0.25) is 6.34 Å². The molecule has 0 saturated heterocycles. The fraction of sp³-hybridized carbons (Fsp3) is 0.278. The van der Waals surface area contributed by atoms with Crippen LogP contribution in [0.1, 0.15) is 34.5 Å². The number of aliphatic imine (C=N–C) groups is 1. The number of rotatable bonds is 14. The highest BCUT2D eigenvalue weighted by molar-refractivity contribution is 7.10. The Morgan fingerprint density at radius 3 is 2.56 bits per heavy atom. The number of likely N-dealkylation sites (N-methyl/N-ethyl adjacent to an activating group) is 1. The van der Waals surface area contributed by atoms with Crippen molar-refractivity contribution in [3.05, 3.63) is 104 Å². The summed E-state index contributed by atoms with van der Waals surface area (Å²) in [6.45, 7) is 0.918. The van der Waals surface area contributed by atoms with Gasteiger partial charge in [-0.05, 0) is 56.6 Å². The molecule has 0 fully saturated rings. The number of ether oxygens (including phenoxy) is 2. The van der Waals surface area contributed by atoms with Gasteiger partial charge < -0.3 is 27.0 Å². The molecule has 0 bridgehead atoms. The van der Waals surface area contributed by atoms with E-state index >= 15 is 4.39 Å². The summed E-state index contributed by atoms with van der Waals surface area (Å²) < 4.78 is 40.5. The number of benzene rings is 3. The standard InChI is InChI=1S/C36H34ClF2N7O5S.2ClH/c1-23(34-43-32(19-52-34)25-9-7-24(16-40)8-10-25)36(49,28-15-26(38)11-12-30(28)39)20-46(22-41-21-42-46)13-14-50-35(48)44-31-6-4-5-29(37)27(31)18-51-33(47)17-45(2)3;;/h4-12,15,19,21-23,49H,13-14,17-18,20H2,1-3H3;2*1H/t23-,36+,46?;;/m0../s1. The number of carbonyl (C=O) groups excluding carboxylic acids is 2. The topological polar surface area (TPSA) is 150 Å². The fourth-order valence-electron chi connectivity index (χ4n) is 5.55. The first-order valence-electron chi connectivity index (χ1n) is 15.9. The monoisotopic (exact) mass is 821 g/mol. The molecular weight excluding hydrogens is 787 g/mol. The molecule has 4 aromatic rings. The Hall–Kier alpha value is -4.53. The molecule has 1 aromatic heterocycles. The molecule has 0 radical (unpaired) electrons. The summed E-state index contributed by atoms with van der Waals surface area (Å²) in [5.41, 5.74) is 0.0431. The number of thiazole rings is 1. The maximum atomic E-state index is 15.5. The number of hydrogen-bond acceptors (Lipinski definition) is 11. The number of nitriles is 1. The summed E-state index contributed by atoms with van der Waals surface area (Å²) in [6.07, 6.45) is 1.83. The zero-order valence-corrected chi connectivity index (χ0v) is 32.4. The minimum absolute atomic E-state index is 0. The molecule has 1 aliphatic rings. The molecule has 12 nitrogen and oxygen atoms in total. The number of nitrogens with zero attached hydrogens (tertiary/aromatic N) is 6. The van der Waals surface area contributed by atoms with E-state index in [9.17, 15) is 19.1 Å². The lowest BCUT2D eigenvalue weighted by atomic mass is 9.81. The zero-order valence-electron chi connectivity index (χ0n) is 29.2. The minimum Gasteiger partial charge on any atom is -1.00 e. The van der Waals surface area contributed by atoms with Crippen LogP contribution in [0.2, 0.25) is 5.02 Å². The highest BCUT2D eigenvalue weighted by Gasteiger charge is 2.49. The van der Waals surface area contributed by atoms with Crippen LogP contribution in [0, 0.1) is 23.0 Å². The van der Waals surface area contributed by atoms with Crippen LogP contribution in [0.3, 0.4) is 0 Å². The van der Waals surface area contributed by atoms with Gasteiger partial charge in [-0.2, -0.15) is 10.3 Å². The summed E-state index contributed by atoms with van der Waals surface area (Å²) in [5, 5.41) is 31.2. The molecule has 1 unspecified atom stereocenters. The molecule has 2 N–H and O–H groups in total. The van der Waals surface area contributed by atoms with Gasteiger partial charge in [-0.3, -0.25) is 15.0 Å². The average molecular weight is 823 g/mol. The predicted octanol–water partition coefficient (Wildman–Crippen LogP) is 3.69. The second-order valence-corrected chi connectivity index (χ2v) is 13.6. The van der Waals surface area contributed by atoms with Crippen LogP contribution in [0.4, 0.5) is 19.3 Å². The lowest BCUT2D eigenvalue weighted by Crippen LogP contribution is -3.00. The van der Waals surface area contributed by atoms with Crippen molar-refractivity contribution in [3.63, 3.8) is 0 Å². The van der Waals surface area contributed by atoms with Crippen molar-refractivity contribution in [2.75, 3.05) is 45.7 Å². The number of amides is 1. The molecule has 1 aliphatic heterocycles. The Morgan fingerprint density at radius 1 is 1.15 bits per heavy atom. The van der Waals surface area contributed by atoms with Crippen LogP contribution in [0.25, 0.3) is 11.3 Å². The predicted molar refractivity (Wildman–Crippen MR) is 200 cm³/mol. The molecule has 3 aromatic carbocycles. The Bertz CT molecular complexity index is 2030. The van der Waals surface area contributed by atoms with Crippen molar-refractivity contribution in [1.29, 1.82) is 5.26 Å². The molecule has 286 valence electrons. The summed E-state index contributed by atoms with van der Waals surface area (Å²) in [5.74, 6) is -2.96. The van der Waals surface area contributed by atoms with Crippen molar-refractivity contribution < 1.29 is 49.9 Å². The van der Waals surface area contributed by atoms with Gasteiger partial charge in [0.05, 0.1) is 34.6 Å². The van der Waals surface area contributed by atoms with Crippen molar-refractivity contribution in [2.45, 2.75) is 25.0 Å². The smallest absolute Gasteiger partial charge is 0.411 e. The number of aromatic nitrogens is 1. The van der Waals surface area contributed by atoms with Gasteiger partial charge in [-0.25, -0.2) is 18.6 Å². The lowest BCUT2D eigenvalue weighted by Gasteiger charge is -2.38. The minimum atomic E-state index is -2.10. The van der Waals surface area contributed by atoms with Gasteiger partial charge in [0, 0.05) is 33.0 Å². The molecular formula is C36H36Cl3F2N7O5S. The van der Waals surface area contributed by atoms with Gasteiger partial charge in [-0.1, -0.05) is 41.8 Å². The molecule has 0 aliphatic carbocycles. The molecule has 5 rings (SSSR count). The van der Waals surface area contributed by atoms with Crippen LogP contribution >= 0.6 is 35.3 Å². The number of hydrogen-bond donors (Lipinski definition) is 2. The van der Waals surface area contributed by atoms with E-state index in [0.717, 1.165) is 23.8 Å². The van der Waals surface area contributed by atoms with Crippen molar-refractivity contribution in [1.82, 2.24) is 9.88 Å². The number of halogens is 5. The van der Waals surface area contributed by atoms with Crippen LogP contribution in [0.5, 0.6) is 0 Å².